The molecule has 2 saturated heterocycles. The number of carbonyl (C=O) groups excluding carboxylic acids is 1. The monoisotopic (exact) mass is 399 g/mol. The second kappa shape index (κ2) is 7.37. The molecule has 0 saturated carbocycles. The van der Waals surface area contributed by atoms with E-state index in [1.165, 1.54) is 17.0 Å². The highest BCUT2D eigenvalue weighted by molar-refractivity contribution is 7.92. The first kappa shape index (κ1) is 19.5. The van der Waals surface area contributed by atoms with Gasteiger partial charge in [-0.1, -0.05) is 0 Å². The Kier molecular flexibility index (Phi) is 5.51. The van der Waals surface area contributed by atoms with E-state index in [0.717, 1.165) is 50.0 Å². The molecule has 3 aliphatic heterocycles. The van der Waals surface area contributed by atoms with E-state index in [1.54, 1.807) is 12.1 Å². The Labute approximate surface area is 161 Å². The summed E-state index contributed by atoms with van der Waals surface area (Å²) in [5.74, 6) is 0.0635. The van der Waals surface area contributed by atoms with E-state index in [1.807, 2.05) is 11.0 Å². The molecule has 3 aliphatic rings. The van der Waals surface area contributed by atoms with E-state index in [4.69, 9.17) is 0 Å². The summed E-state index contributed by atoms with van der Waals surface area (Å²) in [4.78, 5) is 14.9. The molecule has 0 spiro atoms. The SMILES string of the molecule is CS(=O)(=O)N1CCCc2cc(C(=O)N3CCC4CCC(C3)N4)ccc21.Cl. The van der Waals surface area contributed by atoms with Gasteiger partial charge in [0.2, 0.25) is 10.0 Å². The minimum atomic E-state index is -3.27. The summed E-state index contributed by atoms with van der Waals surface area (Å²) in [6.45, 7) is 2.07. The number of amides is 1. The highest BCUT2D eigenvalue weighted by Gasteiger charge is 2.32. The summed E-state index contributed by atoms with van der Waals surface area (Å²) in [5, 5.41) is 3.59. The third-order valence-corrected chi connectivity index (χ3v) is 6.79. The standard InChI is InChI=1S/C18H25N3O3S.ClH/c1-25(23,24)21-9-2-3-13-11-14(4-7-17(13)21)18(22)20-10-8-15-5-6-16(12-20)19-15;/h4,7,11,15-16,19H,2-3,5-6,8-10,12H2,1H3;1H. The summed E-state index contributed by atoms with van der Waals surface area (Å²) in [7, 11) is -3.27. The summed E-state index contributed by atoms with van der Waals surface area (Å²) in [6.07, 6.45) is 6.20. The number of likely N-dealkylation sites (tertiary alicyclic amines) is 1. The molecule has 6 nitrogen and oxygen atoms in total. The van der Waals surface area contributed by atoms with Crippen LogP contribution in [0.3, 0.4) is 0 Å². The fourth-order valence-electron chi connectivity index (χ4n) is 4.35. The Hall–Kier alpha value is -1.31. The maximum Gasteiger partial charge on any atom is 0.253 e. The summed E-state index contributed by atoms with van der Waals surface area (Å²) in [6, 6.07) is 6.43. The van der Waals surface area contributed by atoms with Crippen LogP contribution in [0.15, 0.2) is 18.2 Å². The quantitative estimate of drug-likeness (QED) is 0.823. The number of sulfonamides is 1. The molecule has 1 aromatic rings. The largest absolute Gasteiger partial charge is 0.337 e. The Balaban J connectivity index is 0.00000196. The van der Waals surface area contributed by atoms with Crippen LogP contribution in [0, 0.1) is 0 Å². The van der Waals surface area contributed by atoms with E-state index in [2.05, 4.69) is 5.32 Å². The van der Waals surface area contributed by atoms with Crippen molar-refractivity contribution in [2.24, 2.45) is 0 Å². The Bertz CT molecular complexity index is 799. The van der Waals surface area contributed by atoms with Crippen molar-refractivity contribution >= 4 is 34.0 Å². The number of aryl methyl sites for hydroxylation is 1. The number of nitrogens with one attached hydrogen (secondary N) is 1. The fraction of sp³-hybridized carbons (Fsp3) is 0.611. The van der Waals surface area contributed by atoms with E-state index in [0.29, 0.717) is 24.2 Å². The van der Waals surface area contributed by atoms with Crippen molar-refractivity contribution in [2.75, 3.05) is 30.2 Å². The maximum atomic E-state index is 13.0. The fourth-order valence-corrected chi connectivity index (χ4v) is 5.35. The van der Waals surface area contributed by atoms with Gasteiger partial charge in [0.25, 0.3) is 5.91 Å². The van der Waals surface area contributed by atoms with Crippen molar-refractivity contribution in [2.45, 2.75) is 44.2 Å². The lowest BCUT2D eigenvalue weighted by Gasteiger charge is -2.30. The molecule has 4 rings (SSSR count). The molecule has 144 valence electrons. The van der Waals surface area contributed by atoms with E-state index >= 15 is 0 Å². The lowest BCUT2D eigenvalue weighted by molar-refractivity contribution is 0.0748. The molecular weight excluding hydrogens is 374 g/mol. The molecule has 3 heterocycles. The van der Waals surface area contributed by atoms with Crippen LogP contribution in [0.25, 0.3) is 0 Å². The molecule has 2 bridgehead atoms. The summed E-state index contributed by atoms with van der Waals surface area (Å²) < 4.78 is 25.4. The molecular formula is C18H26ClN3O3S. The van der Waals surface area contributed by atoms with Crippen LogP contribution in [-0.2, 0) is 16.4 Å². The van der Waals surface area contributed by atoms with Crippen molar-refractivity contribution in [3.05, 3.63) is 29.3 Å². The van der Waals surface area contributed by atoms with Crippen molar-refractivity contribution in [3.8, 4) is 0 Å². The van der Waals surface area contributed by atoms with Crippen LogP contribution < -0.4 is 9.62 Å². The van der Waals surface area contributed by atoms with Crippen LogP contribution in [0.4, 0.5) is 5.69 Å². The number of nitrogens with zero attached hydrogens (tertiary/aromatic N) is 2. The summed E-state index contributed by atoms with van der Waals surface area (Å²) >= 11 is 0. The normalized spacial score (nSPS) is 25.3. The molecule has 2 unspecified atom stereocenters. The minimum absolute atomic E-state index is 0. The van der Waals surface area contributed by atoms with Crippen LogP contribution >= 0.6 is 12.4 Å². The van der Waals surface area contributed by atoms with E-state index in [-0.39, 0.29) is 18.3 Å². The van der Waals surface area contributed by atoms with Gasteiger partial charge >= 0.3 is 0 Å². The molecule has 26 heavy (non-hydrogen) atoms. The number of anilines is 1. The van der Waals surface area contributed by atoms with Crippen molar-refractivity contribution in [1.82, 2.24) is 10.2 Å². The van der Waals surface area contributed by atoms with Crippen molar-refractivity contribution < 1.29 is 13.2 Å². The zero-order chi connectivity index (χ0) is 17.6. The van der Waals surface area contributed by atoms with E-state index in [9.17, 15) is 13.2 Å². The van der Waals surface area contributed by atoms with Gasteiger partial charge in [0.15, 0.2) is 0 Å². The Morgan fingerprint density at radius 3 is 2.69 bits per heavy atom. The van der Waals surface area contributed by atoms with Crippen LogP contribution in [0.1, 0.15) is 41.6 Å². The molecule has 0 radical (unpaired) electrons. The number of benzene rings is 1. The number of rotatable bonds is 2. The zero-order valence-electron chi connectivity index (χ0n) is 15.0. The summed E-state index contributed by atoms with van der Waals surface area (Å²) in [5.41, 5.74) is 2.35. The average molecular weight is 400 g/mol. The first-order chi connectivity index (χ1) is 11.9. The molecule has 0 aliphatic carbocycles. The zero-order valence-corrected chi connectivity index (χ0v) is 16.6. The van der Waals surface area contributed by atoms with Gasteiger partial charge < -0.3 is 10.2 Å². The second-order valence-electron chi connectivity index (χ2n) is 7.46. The Morgan fingerprint density at radius 1 is 1.15 bits per heavy atom. The molecule has 1 amide bonds. The smallest absolute Gasteiger partial charge is 0.253 e. The first-order valence-corrected chi connectivity index (χ1v) is 10.9. The molecule has 1 aromatic carbocycles. The second-order valence-corrected chi connectivity index (χ2v) is 9.37. The topological polar surface area (TPSA) is 69.7 Å². The third-order valence-electron chi connectivity index (χ3n) is 5.61. The highest BCUT2D eigenvalue weighted by atomic mass is 35.5. The van der Waals surface area contributed by atoms with Gasteiger partial charge in [0.05, 0.1) is 11.9 Å². The van der Waals surface area contributed by atoms with Gasteiger partial charge in [-0.05, 0) is 55.9 Å². The molecule has 2 atom stereocenters. The third kappa shape index (κ3) is 3.70. The number of fused-ring (bicyclic) bond motifs is 3. The molecule has 2 fully saturated rings. The molecule has 0 aromatic heterocycles. The lowest BCUT2D eigenvalue weighted by Crippen LogP contribution is -2.39. The highest BCUT2D eigenvalue weighted by Crippen LogP contribution is 2.30. The Morgan fingerprint density at radius 2 is 1.92 bits per heavy atom. The number of hydrogen-bond acceptors (Lipinski definition) is 4. The van der Waals surface area contributed by atoms with Gasteiger partial charge in [0.1, 0.15) is 0 Å². The van der Waals surface area contributed by atoms with Crippen molar-refractivity contribution in [1.29, 1.82) is 0 Å². The van der Waals surface area contributed by atoms with Gasteiger partial charge in [-0.2, -0.15) is 0 Å². The predicted molar refractivity (Wildman–Crippen MR) is 105 cm³/mol. The van der Waals surface area contributed by atoms with Gasteiger partial charge in [0, 0.05) is 37.3 Å². The molecule has 8 heteroatoms. The van der Waals surface area contributed by atoms with Crippen LogP contribution in [-0.4, -0.2) is 57.2 Å². The van der Waals surface area contributed by atoms with Crippen LogP contribution in [0.5, 0.6) is 0 Å². The first-order valence-electron chi connectivity index (χ1n) is 9.08. The number of hydrogen-bond donors (Lipinski definition) is 1. The van der Waals surface area contributed by atoms with Crippen molar-refractivity contribution in [3.63, 3.8) is 0 Å². The average Bonchev–Trinajstić information content (AvgIpc) is 2.91. The number of carbonyl (C=O) groups is 1. The molecule has 1 N–H and O–H groups in total. The van der Waals surface area contributed by atoms with Crippen LogP contribution in [0.2, 0.25) is 0 Å². The predicted octanol–water partition coefficient (Wildman–Crippen LogP) is 1.79. The minimum Gasteiger partial charge on any atom is -0.337 e. The van der Waals surface area contributed by atoms with Gasteiger partial charge in [-0.3, -0.25) is 9.10 Å². The van der Waals surface area contributed by atoms with Gasteiger partial charge in [-0.15, -0.1) is 12.4 Å². The number of halogens is 1. The lowest BCUT2D eigenvalue weighted by atomic mass is 10.00. The maximum absolute atomic E-state index is 13.0. The van der Waals surface area contributed by atoms with E-state index < -0.39 is 10.0 Å². The van der Waals surface area contributed by atoms with Gasteiger partial charge in [-0.25, -0.2) is 8.42 Å².